The fraction of sp³-hybridized carbons (Fsp3) is 0.320. The van der Waals surface area contributed by atoms with Crippen LogP contribution in [0.1, 0.15) is 48.7 Å². The second-order valence-corrected chi connectivity index (χ2v) is 9.08. The van der Waals surface area contributed by atoms with Crippen molar-refractivity contribution in [2.75, 3.05) is 10.6 Å². The van der Waals surface area contributed by atoms with Crippen LogP contribution in [-0.2, 0) is 11.0 Å². The summed E-state index contributed by atoms with van der Waals surface area (Å²) in [5.41, 5.74) is 0.579. The van der Waals surface area contributed by atoms with Crippen LogP contribution in [0.15, 0.2) is 48.5 Å². The van der Waals surface area contributed by atoms with E-state index in [4.69, 9.17) is 11.6 Å². The van der Waals surface area contributed by atoms with Gasteiger partial charge in [0.15, 0.2) is 0 Å². The third-order valence-corrected chi connectivity index (χ3v) is 6.16. The van der Waals surface area contributed by atoms with Crippen molar-refractivity contribution in [3.63, 3.8) is 0 Å². The highest BCUT2D eigenvalue weighted by Gasteiger charge is 2.34. The van der Waals surface area contributed by atoms with Crippen molar-refractivity contribution >= 4 is 45.7 Å². The summed E-state index contributed by atoms with van der Waals surface area (Å²) in [7, 11) is 0. The Morgan fingerprint density at radius 1 is 1.00 bits per heavy atom. The van der Waals surface area contributed by atoms with Gasteiger partial charge in [0, 0.05) is 46.4 Å². The number of benzene rings is 2. The van der Waals surface area contributed by atoms with Crippen molar-refractivity contribution in [2.24, 2.45) is 0 Å². The number of carbonyl (C=O) groups is 2. The second kappa shape index (κ2) is 10.1. The number of halogens is 4. The molecule has 4 rings (SSSR count). The molecule has 3 aromatic rings. The van der Waals surface area contributed by atoms with Gasteiger partial charge < -0.3 is 16.0 Å². The number of aromatic nitrogens is 1. The summed E-state index contributed by atoms with van der Waals surface area (Å²) in [5.74, 6) is -0.460. The lowest BCUT2D eigenvalue weighted by Crippen LogP contribution is -2.40. The molecular formula is C25H24ClF3N4O2. The number of pyridine rings is 1. The van der Waals surface area contributed by atoms with Crippen LogP contribution in [0.4, 0.5) is 24.5 Å². The Bertz CT molecular complexity index is 1260. The molecule has 1 aliphatic carbocycles. The van der Waals surface area contributed by atoms with Crippen LogP contribution in [0.2, 0.25) is 5.02 Å². The zero-order chi connectivity index (χ0) is 25.2. The summed E-state index contributed by atoms with van der Waals surface area (Å²) in [6.45, 7) is 1.40. The average molecular weight is 505 g/mol. The van der Waals surface area contributed by atoms with E-state index in [1.165, 1.54) is 19.1 Å². The van der Waals surface area contributed by atoms with E-state index in [1.54, 1.807) is 30.3 Å². The number of hydrogen-bond donors (Lipinski definition) is 3. The minimum atomic E-state index is -4.57. The van der Waals surface area contributed by atoms with E-state index in [0.29, 0.717) is 53.0 Å². The molecule has 0 radical (unpaired) electrons. The lowest BCUT2D eigenvalue weighted by molar-refractivity contribution is -0.140. The van der Waals surface area contributed by atoms with E-state index in [2.05, 4.69) is 20.9 Å². The minimum Gasteiger partial charge on any atom is -0.382 e. The van der Waals surface area contributed by atoms with Gasteiger partial charge in [-0.05, 0) is 68.1 Å². The molecule has 0 atom stereocenters. The Morgan fingerprint density at radius 2 is 1.71 bits per heavy atom. The predicted molar refractivity (Wildman–Crippen MR) is 130 cm³/mol. The number of carbonyl (C=O) groups excluding carboxylic acids is 2. The van der Waals surface area contributed by atoms with Gasteiger partial charge in [0.2, 0.25) is 5.91 Å². The first-order chi connectivity index (χ1) is 16.6. The van der Waals surface area contributed by atoms with Crippen LogP contribution < -0.4 is 16.0 Å². The minimum absolute atomic E-state index is 0.0562. The Morgan fingerprint density at radius 3 is 2.40 bits per heavy atom. The molecule has 0 aliphatic heterocycles. The third kappa shape index (κ3) is 6.22. The van der Waals surface area contributed by atoms with E-state index < -0.39 is 11.9 Å². The maximum Gasteiger partial charge on any atom is 0.433 e. The van der Waals surface area contributed by atoms with Gasteiger partial charge >= 0.3 is 6.18 Å². The Balaban J connectivity index is 1.41. The van der Waals surface area contributed by atoms with Crippen molar-refractivity contribution in [1.82, 2.24) is 10.3 Å². The molecule has 1 heterocycles. The molecule has 0 spiro atoms. The van der Waals surface area contributed by atoms with Crippen LogP contribution >= 0.6 is 11.6 Å². The molecule has 1 aliphatic rings. The number of nitrogens with zero attached hydrogens (tertiary/aromatic N) is 1. The molecule has 1 aromatic heterocycles. The first-order valence-corrected chi connectivity index (χ1v) is 11.6. The molecule has 2 aromatic carbocycles. The molecule has 35 heavy (non-hydrogen) atoms. The molecule has 184 valence electrons. The predicted octanol–water partition coefficient (Wildman–Crippen LogP) is 6.02. The first kappa shape index (κ1) is 24.8. The van der Waals surface area contributed by atoms with Crippen LogP contribution in [0.3, 0.4) is 0 Å². The van der Waals surface area contributed by atoms with Crippen molar-refractivity contribution in [1.29, 1.82) is 0 Å². The number of hydrogen-bond acceptors (Lipinski definition) is 4. The molecule has 0 unspecified atom stereocenters. The van der Waals surface area contributed by atoms with Crippen molar-refractivity contribution in [3.05, 3.63) is 64.8 Å². The fourth-order valence-electron chi connectivity index (χ4n) is 4.27. The van der Waals surface area contributed by atoms with Gasteiger partial charge in [-0.15, -0.1) is 0 Å². The molecule has 10 heteroatoms. The van der Waals surface area contributed by atoms with Crippen molar-refractivity contribution in [3.8, 4) is 0 Å². The SMILES string of the molecule is CC(=O)Nc1cccc(C(=O)N[C@H]2CC[C@@H](Nc3cc(C(F)(F)F)nc4ccc(Cl)cc34)CC2)c1. The van der Waals surface area contributed by atoms with Gasteiger partial charge in [0.1, 0.15) is 5.69 Å². The normalized spacial score (nSPS) is 18.2. The topological polar surface area (TPSA) is 83.1 Å². The van der Waals surface area contributed by atoms with Gasteiger partial charge in [0.25, 0.3) is 5.91 Å². The van der Waals surface area contributed by atoms with E-state index in [9.17, 15) is 22.8 Å². The largest absolute Gasteiger partial charge is 0.433 e. The number of rotatable bonds is 5. The quantitative estimate of drug-likeness (QED) is 0.397. The fourth-order valence-corrected chi connectivity index (χ4v) is 4.45. The molecule has 1 saturated carbocycles. The Kier molecular flexibility index (Phi) is 7.16. The number of nitrogens with one attached hydrogen (secondary N) is 3. The maximum absolute atomic E-state index is 13.4. The third-order valence-electron chi connectivity index (χ3n) is 5.93. The monoisotopic (exact) mass is 504 g/mol. The van der Waals surface area contributed by atoms with Gasteiger partial charge in [-0.1, -0.05) is 17.7 Å². The van der Waals surface area contributed by atoms with Crippen LogP contribution in [0.5, 0.6) is 0 Å². The lowest BCUT2D eigenvalue weighted by atomic mass is 9.90. The molecule has 6 nitrogen and oxygen atoms in total. The summed E-state index contributed by atoms with van der Waals surface area (Å²) in [5, 5.41) is 9.85. The summed E-state index contributed by atoms with van der Waals surface area (Å²) in [6.07, 6.45) is -1.88. The standard InChI is InChI=1S/C25H24ClF3N4O2/c1-14(34)30-19-4-2-3-15(11-19)24(35)32-18-8-6-17(7-9-18)31-22-13-23(25(27,28)29)33-21-10-5-16(26)12-20(21)22/h2-5,10-13,17-18H,6-9H2,1H3,(H,30,34)(H,31,33)(H,32,35)/t17-,18+. The molecular weight excluding hydrogens is 481 g/mol. The summed E-state index contributed by atoms with van der Waals surface area (Å²) >= 11 is 6.08. The highest BCUT2D eigenvalue weighted by molar-refractivity contribution is 6.31. The summed E-state index contributed by atoms with van der Waals surface area (Å²) < 4.78 is 40.1. The second-order valence-electron chi connectivity index (χ2n) is 8.64. The average Bonchev–Trinajstić information content (AvgIpc) is 2.79. The van der Waals surface area contributed by atoms with E-state index in [1.807, 2.05) is 0 Å². The molecule has 1 fully saturated rings. The van der Waals surface area contributed by atoms with Crippen LogP contribution in [-0.4, -0.2) is 28.9 Å². The molecule has 3 N–H and O–H groups in total. The highest BCUT2D eigenvalue weighted by atomic mass is 35.5. The number of anilines is 2. The van der Waals surface area contributed by atoms with E-state index >= 15 is 0 Å². The van der Waals surface area contributed by atoms with Gasteiger partial charge in [-0.25, -0.2) is 4.98 Å². The maximum atomic E-state index is 13.4. The molecule has 2 amide bonds. The number of fused-ring (bicyclic) bond motifs is 1. The van der Waals surface area contributed by atoms with Gasteiger partial charge in [0.05, 0.1) is 5.52 Å². The zero-order valence-corrected chi connectivity index (χ0v) is 19.6. The molecule has 0 saturated heterocycles. The first-order valence-electron chi connectivity index (χ1n) is 11.2. The summed E-state index contributed by atoms with van der Waals surface area (Å²) in [6, 6.07) is 12.2. The van der Waals surface area contributed by atoms with Crippen LogP contribution in [0.25, 0.3) is 10.9 Å². The van der Waals surface area contributed by atoms with E-state index in [0.717, 1.165) is 6.07 Å². The summed E-state index contributed by atoms with van der Waals surface area (Å²) in [4.78, 5) is 27.7. The van der Waals surface area contributed by atoms with Crippen LogP contribution in [0, 0.1) is 0 Å². The number of amides is 2. The van der Waals surface area contributed by atoms with E-state index in [-0.39, 0.29) is 29.4 Å². The number of alkyl halides is 3. The van der Waals surface area contributed by atoms with Crippen molar-refractivity contribution in [2.45, 2.75) is 50.9 Å². The Labute approximate surface area is 205 Å². The smallest absolute Gasteiger partial charge is 0.382 e. The zero-order valence-electron chi connectivity index (χ0n) is 18.9. The lowest BCUT2D eigenvalue weighted by Gasteiger charge is -2.31. The molecule has 0 bridgehead atoms. The van der Waals surface area contributed by atoms with Crippen molar-refractivity contribution < 1.29 is 22.8 Å². The highest BCUT2D eigenvalue weighted by Crippen LogP contribution is 2.35. The Hall–Kier alpha value is -3.33. The van der Waals surface area contributed by atoms with Gasteiger partial charge in [-0.2, -0.15) is 13.2 Å². The van der Waals surface area contributed by atoms with Gasteiger partial charge in [-0.3, -0.25) is 9.59 Å².